The number of hydrogen-bond donors (Lipinski definition) is 1. The largest absolute Gasteiger partial charge is 0.508 e. The topological polar surface area (TPSA) is 32.7 Å². The molecule has 1 aromatic rings. The molecule has 0 saturated carbocycles. The molecule has 0 amide bonds. The minimum absolute atomic E-state index is 0.238. The maximum absolute atomic E-state index is 10.3. The molecular weight excluding hydrogens is 250 g/mol. The standard InChI is InChI=1S/C17H19NO2/c1-17-11-7-8-13(19)16(17)20-14-6-4-5-10(15(14)17)9-12(11)18(2)3/h4-8,12,16,19H,9H2,1-3H3/t12?,16-,17?/m0/s1. The third-order valence-electron chi connectivity index (χ3n) is 5.10. The molecule has 3 aliphatic rings. The second-order valence-electron chi connectivity index (χ2n) is 6.39. The Morgan fingerprint density at radius 3 is 2.85 bits per heavy atom. The summed E-state index contributed by atoms with van der Waals surface area (Å²) in [5, 5.41) is 10.3. The smallest absolute Gasteiger partial charge is 0.168 e. The third-order valence-corrected chi connectivity index (χ3v) is 5.10. The number of nitrogens with zero attached hydrogens (tertiary/aromatic N) is 1. The molecule has 2 aliphatic carbocycles. The van der Waals surface area contributed by atoms with Crippen molar-refractivity contribution in [1.82, 2.24) is 4.90 Å². The van der Waals surface area contributed by atoms with Crippen LogP contribution in [0.3, 0.4) is 0 Å². The van der Waals surface area contributed by atoms with Crippen molar-refractivity contribution in [3.63, 3.8) is 0 Å². The van der Waals surface area contributed by atoms with Gasteiger partial charge in [-0.05, 0) is 50.7 Å². The Hall–Kier alpha value is -1.74. The lowest BCUT2D eigenvalue weighted by Gasteiger charge is -2.45. The molecule has 20 heavy (non-hydrogen) atoms. The zero-order valence-corrected chi connectivity index (χ0v) is 12.1. The fourth-order valence-corrected chi connectivity index (χ4v) is 4.13. The molecule has 0 fully saturated rings. The predicted molar refractivity (Wildman–Crippen MR) is 78.2 cm³/mol. The lowest BCUT2D eigenvalue weighted by molar-refractivity contribution is 0.136. The maximum Gasteiger partial charge on any atom is 0.168 e. The van der Waals surface area contributed by atoms with Crippen LogP contribution in [-0.4, -0.2) is 36.2 Å². The van der Waals surface area contributed by atoms with Crippen molar-refractivity contribution in [1.29, 1.82) is 0 Å². The summed E-state index contributed by atoms with van der Waals surface area (Å²) in [7, 11) is 4.24. The summed E-state index contributed by atoms with van der Waals surface area (Å²) >= 11 is 0. The highest BCUT2D eigenvalue weighted by Crippen LogP contribution is 2.56. The van der Waals surface area contributed by atoms with Crippen molar-refractivity contribution < 1.29 is 9.84 Å². The molecule has 3 nitrogen and oxygen atoms in total. The number of rotatable bonds is 1. The fraction of sp³-hybridized carbons (Fsp3) is 0.412. The molecule has 4 rings (SSSR count). The van der Waals surface area contributed by atoms with Crippen molar-refractivity contribution in [2.24, 2.45) is 0 Å². The van der Waals surface area contributed by atoms with E-state index in [-0.39, 0.29) is 11.5 Å². The first-order valence-corrected chi connectivity index (χ1v) is 7.10. The van der Waals surface area contributed by atoms with Crippen molar-refractivity contribution in [2.45, 2.75) is 30.9 Å². The Balaban J connectivity index is 2.02. The van der Waals surface area contributed by atoms with E-state index < -0.39 is 0 Å². The maximum atomic E-state index is 10.3. The molecule has 0 bridgehead atoms. The van der Waals surface area contributed by atoms with Gasteiger partial charge in [0.05, 0.1) is 5.41 Å². The van der Waals surface area contributed by atoms with Crippen molar-refractivity contribution in [3.05, 3.63) is 52.8 Å². The van der Waals surface area contributed by atoms with E-state index in [1.54, 1.807) is 6.08 Å². The highest BCUT2D eigenvalue weighted by molar-refractivity contribution is 5.62. The molecule has 104 valence electrons. The second kappa shape index (κ2) is 3.67. The molecule has 1 N–H and O–H groups in total. The molecule has 1 aliphatic heterocycles. The summed E-state index contributed by atoms with van der Waals surface area (Å²) < 4.78 is 6.07. The van der Waals surface area contributed by atoms with Gasteiger partial charge in [-0.1, -0.05) is 18.2 Å². The number of allylic oxidation sites excluding steroid dienone is 2. The van der Waals surface area contributed by atoms with Gasteiger partial charge in [0.1, 0.15) is 11.5 Å². The molecule has 2 unspecified atom stereocenters. The van der Waals surface area contributed by atoms with Crippen LogP contribution in [0.15, 0.2) is 41.7 Å². The first-order chi connectivity index (χ1) is 9.53. The summed E-state index contributed by atoms with van der Waals surface area (Å²) in [6.45, 7) is 2.21. The summed E-state index contributed by atoms with van der Waals surface area (Å²) in [4.78, 5) is 2.26. The van der Waals surface area contributed by atoms with Gasteiger partial charge in [0.2, 0.25) is 0 Å². The van der Waals surface area contributed by atoms with Gasteiger partial charge in [-0.2, -0.15) is 0 Å². The van der Waals surface area contributed by atoms with Gasteiger partial charge in [0.25, 0.3) is 0 Å². The van der Waals surface area contributed by atoms with E-state index in [1.807, 2.05) is 6.07 Å². The van der Waals surface area contributed by atoms with Crippen molar-refractivity contribution in [2.75, 3.05) is 14.1 Å². The SMILES string of the molecule is CN(C)C1Cc2cccc3c2C2(C)C1=CC=C(O)[C@@H]2O3. The average Bonchev–Trinajstić information content (AvgIpc) is 2.72. The van der Waals surface area contributed by atoms with E-state index in [0.717, 1.165) is 12.2 Å². The molecule has 1 aromatic carbocycles. The molecule has 0 saturated heterocycles. The van der Waals surface area contributed by atoms with Crippen LogP contribution >= 0.6 is 0 Å². The van der Waals surface area contributed by atoms with Crippen LogP contribution in [0.1, 0.15) is 18.1 Å². The normalized spacial score (nSPS) is 33.4. The number of ether oxygens (including phenoxy) is 1. The first-order valence-electron chi connectivity index (χ1n) is 7.10. The lowest BCUT2D eigenvalue weighted by atomic mass is 9.62. The Morgan fingerprint density at radius 1 is 1.30 bits per heavy atom. The van der Waals surface area contributed by atoms with Crippen molar-refractivity contribution in [3.8, 4) is 5.75 Å². The number of likely N-dealkylation sites (N-methyl/N-ethyl adjacent to an activating group) is 1. The van der Waals surface area contributed by atoms with Crippen LogP contribution in [-0.2, 0) is 11.8 Å². The summed E-state index contributed by atoms with van der Waals surface area (Å²) in [6, 6.07) is 6.62. The van der Waals surface area contributed by atoms with Crippen LogP contribution in [0.5, 0.6) is 5.75 Å². The number of aliphatic hydroxyl groups is 1. The second-order valence-corrected chi connectivity index (χ2v) is 6.39. The summed E-state index contributed by atoms with van der Waals surface area (Å²) in [6.07, 6.45) is 4.61. The quantitative estimate of drug-likeness (QED) is 0.850. The average molecular weight is 269 g/mol. The van der Waals surface area contributed by atoms with E-state index in [2.05, 4.69) is 44.1 Å². The number of hydrogen-bond acceptors (Lipinski definition) is 3. The molecule has 3 heteroatoms. The minimum Gasteiger partial charge on any atom is -0.508 e. The van der Waals surface area contributed by atoms with Gasteiger partial charge in [-0.15, -0.1) is 0 Å². The summed E-state index contributed by atoms with van der Waals surface area (Å²) in [5.74, 6) is 1.26. The summed E-state index contributed by atoms with van der Waals surface area (Å²) in [5.41, 5.74) is 3.73. The van der Waals surface area contributed by atoms with Gasteiger partial charge >= 0.3 is 0 Å². The van der Waals surface area contributed by atoms with Crippen LogP contribution in [0.2, 0.25) is 0 Å². The molecule has 0 spiro atoms. The monoisotopic (exact) mass is 269 g/mol. The first kappa shape index (κ1) is 12.0. The van der Waals surface area contributed by atoms with Gasteiger partial charge < -0.3 is 14.7 Å². The van der Waals surface area contributed by atoms with Crippen LogP contribution in [0.4, 0.5) is 0 Å². The zero-order valence-electron chi connectivity index (χ0n) is 12.1. The van der Waals surface area contributed by atoms with Gasteiger partial charge in [0, 0.05) is 11.6 Å². The van der Waals surface area contributed by atoms with E-state index in [9.17, 15) is 5.11 Å². The Kier molecular flexibility index (Phi) is 2.21. The van der Waals surface area contributed by atoms with Crippen LogP contribution < -0.4 is 4.74 Å². The third kappa shape index (κ3) is 1.24. The minimum atomic E-state index is -0.276. The molecule has 3 atom stereocenters. The Labute approximate surface area is 119 Å². The van der Waals surface area contributed by atoms with Crippen molar-refractivity contribution >= 4 is 0 Å². The van der Waals surface area contributed by atoms with E-state index in [1.165, 1.54) is 16.7 Å². The van der Waals surface area contributed by atoms with Crippen LogP contribution in [0.25, 0.3) is 0 Å². The van der Waals surface area contributed by atoms with Gasteiger partial charge in [0.15, 0.2) is 6.10 Å². The molecule has 0 radical (unpaired) electrons. The molecular formula is C17H19NO2. The van der Waals surface area contributed by atoms with E-state index in [4.69, 9.17) is 4.74 Å². The number of benzene rings is 1. The fourth-order valence-electron chi connectivity index (χ4n) is 4.13. The Morgan fingerprint density at radius 2 is 2.10 bits per heavy atom. The molecule has 1 heterocycles. The van der Waals surface area contributed by atoms with E-state index in [0.29, 0.717) is 11.8 Å². The van der Waals surface area contributed by atoms with E-state index >= 15 is 0 Å². The van der Waals surface area contributed by atoms with Gasteiger partial charge in [-0.25, -0.2) is 0 Å². The lowest BCUT2D eigenvalue weighted by Crippen LogP contribution is -2.50. The number of aliphatic hydroxyl groups excluding tert-OH is 1. The van der Waals surface area contributed by atoms with Gasteiger partial charge in [-0.3, -0.25) is 0 Å². The Bertz CT molecular complexity index is 659. The highest BCUT2D eigenvalue weighted by atomic mass is 16.5. The molecule has 0 aromatic heterocycles. The zero-order chi connectivity index (χ0) is 14.1. The predicted octanol–water partition coefficient (Wildman–Crippen LogP) is 2.57. The van der Waals surface area contributed by atoms with Crippen LogP contribution in [0, 0.1) is 0 Å². The highest BCUT2D eigenvalue weighted by Gasteiger charge is 2.56.